The monoisotopic (exact) mass is 296 g/mol. The second-order valence-electron chi connectivity index (χ2n) is 5.03. The molecule has 2 aromatic carbocycles. The molecule has 0 fully saturated rings. The maximum Gasteiger partial charge on any atom is 0.194 e. The third-order valence-electron chi connectivity index (χ3n) is 3.40. The largest absolute Gasteiger partial charge is 0.206 e. The van der Waals surface area contributed by atoms with Crippen molar-refractivity contribution in [3.63, 3.8) is 0 Å². The van der Waals surface area contributed by atoms with Gasteiger partial charge < -0.3 is 0 Å². The van der Waals surface area contributed by atoms with E-state index in [-0.39, 0.29) is 11.1 Å². The Balaban J connectivity index is 2.29. The Labute approximate surface area is 121 Å². The molecule has 0 spiro atoms. The van der Waals surface area contributed by atoms with Crippen molar-refractivity contribution < 1.29 is 17.6 Å². The first kappa shape index (κ1) is 15.5. The van der Waals surface area contributed by atoms with Gasteiger partial charge in [-0.1, -0.05) is 31.9 Å². The summed E-state index contributed by atoms with van der Waals surface area (Å²) in [7, 11) is 0. The lowest BCUT2D eigenvalue weighted by Gasteiger charge is -2.08. The van der Waals surface area contributed by atoms with Gasteiger partial charge in [0.2, 0.25) is 0 Å². The van der Waals surface area contributed by atoms with Crippen molar-refractivity contribution in [2.75, 3.05) is 0 Å². The smallest absolute Gasteiger partial charge is 0.194 e. The van der Waals surface area contributed by atoms with Gasteiger partial charge in [-0.25, -0.2) is 17.6 Å². The highest BCUT2D eigenvalue weighted by Gasteiger charge is 2.14. The van der Waals surface area contributed by atoms with E-state index in [2.05, 4.69) is 6.92 Å². The molecule has 0 nitrogen and oxygen atoms in total. The Kier molecular flexibility index (Phi) is 4.99. The van der Waals surface area contributed by atoms with E-state index in [1.54, 1.807) is 6.07 Å². The first-order valence-electron chi connectivity index (χ1n) is 6.96. The number of hydrogen-bond acceptors (Lipinski definition) is 0. The first-order valence-corrected chi connectivity index (χ1v) is 6.96. The maximum atomic E-state index is 14.1. The molecule has 0 heterocycles. The Bertz CT molecular complexity index is 612. The molecule has 21 heavy (non-hydrogen) atoms. The van der Waals surface area contributed by atoms with Crippen LogP contribution < -0.4 is 0 Å². The minimum absolute atomic E-state index is 0.0102. The zero-order valence-electron chi connectivity index (χ0n) is 11.7. The van der Waals surface area contributed by atoms with Crippen molar-refractivity contribution in [1.29, 1.82) is 0 Å². The van der Waals surface area contributed by atoms with Gasteiger partial charge in [-0.3, -0.25) is 0 Å². The summed E-state index contributed by atoms with van der Waals surface area (Å²) < 4.78 is 53.4. The predicted molar refractivity (Wildman–Crippen MR) is 74.9 cm³/mol. The summed E-state index contributed by atoms with van der Waals surface area (Å²) in [5.74, 6) is -4.75. The lowest BCUT2D eigenvalue weighted by molar-refractivity contribution is 0.447. The molecule has 2 aromatic rings. The average Bonchev–Trinajstić information content (AvgIpc) is 2.45. The quantitative estimate of drug-likeness (QED) is 0.380. The number of benzene rings is 2. The van der Waals surface area contributed by atoms with Crippen LogP contribution in [0.15, 0.2) is 30.3 Å². The third-order valence-corrected chi connectivity index (χ3v) is 3.40. The second kappa shape index (κ2) is 6.74. The molecule has 0 aromatic heterocycles. The Morgan fingerprint density at radius 1 is 0.810 bits per heavy atom. The molecule has 0 aliphatic carbocycles. The SMILES string of the molecule is CCCCCc1ccc(-c2cc(F)c(F)c(F)c2)c(F)c1. The van der Waals surface area contributed by atoms with Crippen LogP contribution in [0.2, 0.25) is 0 Å². The van der Waals surface area contributed by atoms with E-state index in [1.165, 1.54) is 12.1 Å². The van der Waals surface area contributed by atoms with Crippen molar-refractivity contribution >= 4 is 0 Å². The Morgan fingerprint density at radius 2 is 1.48 bits per heavy atom. The molecule has 2 rings (SSSR count). The van der Waals surface area contributed by atoms with Crippen LogP contribution in [-0.2, 0) is 6.42 Å². The van der Waals surface area contributed by atoms with Crippen LogP contribution in [-0.4, -0.2) is 0 Å². The number of aryl methyl sites for hydroxylation is 1. The van der Waals surface area contributed by atoms with Crippen molar-refractivity contribution in [2.24, 2.45) is 0 Å². The molecule has 4 heteroatoms. The van der Waals surface area contributed by atoms with E-state index in [4.69, 9.17) is 0 Å². The highest BCUT2D eigenvalue weighted by molar-refractivity contribution is 5.64. The minimum Gasteiger partial charge on any atom is -0.206 e. The third kappa shape index (κ3) is 3.63. The fraction of sp³-hybridized carbons (Fsp3) is 0.294. The van der Waals surface area contributed by atoms with E-state index < -0.39 is 23.3 Å². The first-order chi connectivity index (χ1) is 10.0. The molecule has 0 amide bonds. The van der Waals surface area contributed by atoms with Gasteiger partial charge >= 0.3 is 0 Å². The summed E-state index contributed by atoms with van der Waals surface area (Å²) in [6.45, 7) is 2.08. The zero-order chi connectivity index (χ0) is 15.4. The van der Waals surface area contributed by atoms with Gasteiger partial charge in [0.15, 0.2) is 17.5 Å². The zero-order valence-corrected chi connectivity index (χ0v) is 11.7. The van der Waals surface area contributed by atoms with Gasteiger partial charge in [0, 0.05) is 5.56 Å². The lowest BCUT2D eigenvalue weighted by atomic mass is 10.0. The topological polar surface area (TPSA) is 0 Å². The molecule has 0 saturated carbocycles. The van der Waals surface area contributed by atoms with Gasteiger partial charge in [0.1, 0.15) is 5.82 Å². The normalized spacial score (nSPS) is 10.9. The van der Waals surface area contributed by atoms with Gasteiger partial charge in [0.05, 0.1) is 0 Å². The summed E-state index contributed by atoms with van der Waals surface area (Å²) >= 11 is 0. The van der Waals surface area contributed by atoms with Crippen LogP contribution in [0, 0.1) is 23.3 Å². The van der Waals surface area contributed by atoms with E-state index >= 15 is 0 Å². The molecular formula is C17H16F4. The van der Waals surface area contributed by atoms with Crippen molar-refractivity contribution in [2.45, 2.75) is 32.6 Å². The highest BCUT2D eigenvalue weighted by Crippen LogP contribution is 2.27. The number of halogens is 4. The predicted octanol–water partition coefficient (Wildman–Crippen LogP) is 5.64. The number of hydrogen-bond donors (Lipinski definition) is 0. The summed E-state index contributed by atoms with van der Waals surface area (Å²) in [6, 6.07) is 6.17. The molecule has 0 saturated heterocycles. The van der Waals surface area contributed by atoms with Crippen LogP contribution in [0.1, 0.15) is 31.7 Å². The summed E-state index contributed by atoms with van der Waals surface area (Å²) in [6.07, 6.45) is 3.87. The Hall–Kier alpha value is -1.84. The standard InChI is InChI=1S/C17H16F4/c1-2-3-4-5-11-6-7-13(14(18)8-11)12-9-15(19)17(21)16(20)10-12/h6-10H,2-5H2,1H3. The fourth-order valence-electron chi connectivity index (χ4n) is 2.24. The summed E-state index contributed by atoms with van der Waals surface area (Å²) in [5, 5.41) is 0. The van der Waals surface area contributed by atoms with E-state index in [0.29, 0.717) is 0 Å². The van der Waals surface area contributed by atoms with Gasteiger partial charge in [0.25, 0.3) is 0 Å². The summed E-state index contributed by atoms with van der Waals surface area (Å²) in [5.41, 5.74) is 0.892. The van der Waals surface area contributed by atoms with Crippen molar-refractivity contribution in [1.82, 2.24) is 0 Å². The molecule has 112 valence electrons. The van der Waals surface area contributed by atoms with Crippen LogP contribution in [0.3, 0.4) is 0 Å². The highest BCUT2D eigenvalue weighted by atomic mass is 19.2. The molecule has 0 unspecified atom stereocenters. The van der Waals surface area contributed by atoms with E-state index in [9.17, 15) is 17.6 Å². The minimum atomic E-state index is -1.55. The van der Waals surface area contributed by atoms with Gasteiger partial charge in [-0.2, -0.15) is 0 Å². The fourth-order valence-corrected chi connectivity index (χ4v) is 2.24. The summed E-state index contributed by atoms with van der Waals surface area (Å²) in [4.78, 5) is 0. The van der Waals surface area contributed by atoms with Crippen molar-refractivity contribution in [3.05, 3.63) is 59.2 Å². The molecule has 0 aliphatic heterocycles. The van der Waals surface area contributed by atoms with Crippen LogP contribution >= 0.6 is 0 Å². The van der Waals surface area contributed by atoms with Crippen LogP contribution in [0.5, 0.6) is 0 Å². The van der Waals surface area contributed by atoms with Gasteiger partial charge in [-0.15, -0.1) is 0 Å². The number of rotatable bonds is 5. The van der Waals surface area contributed by atoms with Gasteiger partial charge in [-0.05, 0) is 42.2 Å². The molecule has 0 atom stereocenters. The molecular weight excluding hydrogens is 280 g/mol. The molecule has 0 aliphatic rings. The second-order valence-corrected chi connectivity index (χ2v) is 5.03. The van der Waals surface area contributed by atoms with Crippen LogP contribution in [0.25, 0.3) is 11.1 Å². The molecule has 0 bridgehead atoms. The maximum absolute atomic E-state index is 14.1. The number of unbranched alkanes of at least 4 members (excludes halogenated alkanes) is 2. The van der Waals surface area contributed by atoms with E-state index in [1.807, 2.05) is 0 Å². The van der Waals surface area contributed by atoms with Crippen molar-refractivity contribution in [3.8, 4) is 11.1 Å². The van der Waals surface area contributed by atoms with E-state index in [0.717, 1.165) is 43.4 Å². The van der Waals surface area contributed by atoms with Crippen LogP contribution in [0.4, 0.5) is 17.6 Å². The molecule has 0 radical (unpaired) electrons. The lowest BCUT2D eigenvalue weighted by Crippen LogP contribution is -1.95. The Morgan fingerprint density at radius 3 is 2.05 bits per heavy atom. The molecule has 0 N–H and O–H groups in total. The average molecular weight is 296 g/mol.